The Morgan fingerprint density at radius 3 is 2.46 bits per heavy atom. The molecule has 1 atom stereocenters. The molecule has 0 aromatic heterocycles. The Morgan fingerprint density at radius 2 is 1.75 bits per heavy atom. The number of carbonyl (C=O) groups excluding carboxylic acids is 2. The second kappa shape index (κ2) is 8.81. The van der Waals surface area contributed by atoms with Crippen molar-refractivity contribution < 1.29 is 18.0 Å². The first-order valence-corrected chi connectivity index (χ1v) is 11.6. The number of rotatable bonds is 5. The van der Waals surface area contributed by atoms with E-state index in [1.54, 1.807) is 29.2 Å². The second-order valence-corrected chi connectivity index (χ2v) is 9.26. The third-order valence-corrected chi connectivity index (χ3v) is 5.80. The van der Waals surface area contributed by atoms with E-state index in [-0.39, 0.29) is 24.4 Å². The molecule has 1 unspecified atom stereocenters. The summed E-state index contributed by atoms with van der Waals surface area (Å²) in [5, 5.41) is 2.90. The van der Waals surface area contributed by atoms with Crippen LogP contribution in [-0.4, -0.2) is 62.6 Å². The highest BCUT2D eigenvalue weighted by atomic mass is 32.2. The molecule has 0 aliphatic carbocycles. The average molecular weight is 409 g/mol. The predicted octanol–water partition coefficient (Wildman–Crippen LogP) is 1.60. The first kappa shape index (κ1) is 20.4. The fourth-order valence-electron chi connectivity index (χ4n) is 3.77. The highest BCUT2D eigenvalue weighted by molar-refractivity contribution is 7.92. The Kier molecular flexibility index (Phi) is 6.43. The van der Waals surface area contributed by atoms with Crippen LogP contribution in [0, 0.1) is 5.92 Å². The van der Waals surface area contributed by atoms with Crippen molar-refractivity contribution >= 4 is 27.6 Å². The smallest absolute Gasteiger partial charge is 0.320 e. The van der Waals surface area contributed by atoms with Gasteiger partial charge in [-0.25, -0.2) is 13.2 Å². The molecule has 8 nitrogen and oxygen atoms in total. The molecule has 2 aliphatic rings. The van der Waals surface area contributed by atoms with E-state index in [0.717, 1.165) is 45.0 Å². The molecule has 154 valence electrons. The Hall–Kier alpha value is -2.29. The summed E-state index contributed by atoms with van der Waals surface area (Å²) in [6.45, 7) is 2.96. The molecule has 2 aliphatic heterocycles. The predicted molar refractivity (Wildman–Crippen MR) is 107 cm³/mol. The molecule has 3 amide bonds. The van der Waals surface area contributed by atoms with Crippen LogP contribution in [0.25, 0.3) is 0 Å². The van der Waals surface area contributed by atoms with Gasteiger partial charge in [0.05, 0.1) is 17.9 Å². The normalized spacial score (nSPS) is 20.1. The van der Waals surface area contributed by atoms with Crippen molar-refractivity contribution in [2.24, 2.45) is 5.92 Å². The number of hydrogen-bond acceptors (Lipinski definition) is 4. The van der Waals surface area contributed by atoms with Crippen molar-refractivity contribution in [1.82, 2.24) is 15.1 Å². The molecule has 3 rings (SSSR count). The maximum Gasteiger partial charge on any atom is 0.320 e. The zero-order valence-corrected chi connectivity index (χ0v) is 17.0. The summed E-state index contributed by atoms with van der Waals surface area (Å²) < 4.78 is 25.5. The average Bonchev–Trinajstić information content (AvgIpc) is 3.20. The van der Waals surface area contributed by atoms with Gasteiger partial charge in [-0.1, -0.05) is 18.2 Å². The molecule has 0 spiro atoms. The maximum atomic E-state index is 12.7. The van der Waals surface area contributed by atoms with Gasteiger partial charge in [0.1, 0.15) is 0 Å². The van der Waals surface area contributed by atoms with Gasteiger partial charge in [-0.3, -0.25) is 9.52 Å². The van der Waals surface area contributed by atoms with Crippen molar-refractivity contribution in [3.8, 4) is 0 Å². The minimum atomic E-state index is -3.40. The lowest BCUT2D eigenvalue weighted by Gasteiger charge is -2.34. The van der Waals surface area contributed by atoms with Crippen molar-refractivity contribution in [3.05, 3.63) is 29.8 Å². The van der Waals surface area contributed by atoms with Crippen LogP contribution < -0.4 is 10.0 Å². The van der Waals surface area contributed by atoms with Crippen LogP contribution in [0.2, 0.25) is 0 Å². The SMILES string of the molecule is CS(=O)(=O)Nc1ccccc1CNC(=O)C1CCCN(C(=O)N2CCCC2)C1. The van der Waals surface area contributed by atoms with Crippen molar-refractivity contribution in [1.29, 1.82) is 0 Å². The molecule has 0 bridgehead atoms. The van der Waals surface area contributed by atoms with Gasteiger partial charge in [0, 0.05) is 32.7 Å². The van der Waals surface area contributed by atoms with Crippen LogP contribution in [0.1, 0.15) is 31.2 Å². The minimum Gasteiger partial charge on any atom is -0.352 e. The van der Waals surface area contributed by atoms with Crippen molar-refractivity contribution in [2.45, 2.75) is 32.2 Å². The molecule has 28 heavy (non-hydrogen) atoms. The number of likely N-dealkylation sites (tertiary alicyclic amines) is 2. The Morgan fingerprint density at radius 1 is 1.07 bits per heavy atom. The van der Waals surface area contributed by atoms with E-state index in [2.05, 4.69) is 10.0 Å². The summed E-state index contributed by atoms with van der Waals surface area (Å²) in [6, 6.07) is 7.02. The number of nitrogens with zero attached hydrogens (tertiary/aromatic N) is 2. The molecule has 1 aromatic rings. The molecule has 2 N–H and O–H groups in total. The van der Waals surface area contributed by atoms with Gasteiger partial charge in [-0.05, 0) is 37.3 Å². The third kappa shape index (κ3) is 5.37. The number of amides is 3. The summed E-state index contributed by atoms with van der Waals surface area (Å²) in [7, 11) is -3.40. The van der Waals surface area contributed by atoms with Crippen LogP contribution in [-0.2, 0) is 21.4 Å². The van der Waals surface area contributed by atoms with Gasteiger partial charge in [0.2, 0.25) is 15.9 Å². The molecule has 9 heteroatoms. The topological polar surface area (TPSA) is 98.8 Å². The van der Waals surface area contributed by atoms with Crippen LogP contribution >= 0.6 is 0 Å². The highest BCUT2D eigenvalue weighted by Crippen LogP contribution is 2.21. The Labute approximate surface area is 166 Å². The lowest BCUT2D eigenvalue weighted by molar-refractivity contribution is -0.126. The number of urea groups is 1. The number of sulfonamides is 1. The fourth-order valence-corrected chi connectivity index (χ4v) is 4.37. The minimum absolute atomic E-state index is 0.0395. The summed E-state index contributed by atoms with van der Waals surface area (Å²) in [6.07, 6.45) is 4.74. The van der Waals surface area contributed by atoms with E-state index in [9.17, 15) is 18.0 Å². The van der Waals surface area contributed by atoms with E-state index in [1.165, 1.54) is 0 Å². The van der Waals surface area contributed by atoms with E-state index < -0.39 is 10.0 Å². The van der Waals surface area contributed by atoms with Crippen molar-refractivity contribution in [2.75, 3.05) is 37.2 Å². The largest absolute Gasteiger partial charge is 0.352 e. The number of carbonyl (C=O) groups is 2. The van der Waals surface area contributed by atoms with Gasteiger partial charge in [-0.15, -0.1) is 0 Å². The standard InChI is InChI=1S/C19H28N4O4S/c1-28(26,27)21-17-9-3-2-7-15(17)13-20-18(24)16-8-6-12-23(14-16)19(25)22-10-4-5-11-22/h2-3,7,9,16,21H,4-6,8,10-14H2,1H3,(H,20,24). The van der Waals surface area contributed by atoms with Crippen LogP contribution in [0.4, 0.5) is 10.5 Å². The van der Waals surface area contributed by atoms with E-state index >= 15 is 0 Å². The number of para-hydroxylation sites is 1. The van der Waals surface area contributed by atoms with Gasteiger partial charge < -0.3 is 15.1 Å². The summed E-state index contributed by atoms with van der Waals surface area (Å²) in [5.41, 5.74) is 1.15. The quantitative estimate of drug-likeness (QED) is 0.773. The highest BCUT2D eigenvalue weighted by Gasteiger charge is 2.31. The first-order chi connectivity index (χ1) is 13.3. The molecule has 0 saturated carbocycles. The number of nitrogens with one attached hydrogen (secondary N) is 2. The zero-order chi connectivity index (χ0) is 20.1. The second-order valence-electron chi connectivity index (χ2n) is 7.51. The first-order valence-electron chi connectivity index (χ1n) is 9.71. The molecule has 2 heterocycles. The summed E-state index contributed by atoms with van der Waals surface area (Å²) >= 11 is 0. The molecule has 2 fully saturated rings. The molecule has 1 aromatic carbocycles. The fraction of sp³-hybridized carbons (Fsp3) is 0.579. The van der Waals surface area contributed by atoms with E-state index in [4.69, 9.17) is 0 Å². The monoisotopic (exact) mass is 408 g/mol. The van der Waals surface area contributed by atoms with Gasteiger partial charge >= 0.3 is 6.03 Å². The van der Waals surface area contributed by atoms with Crippen molar-refractivity contribution in [3.63, 3.8) is 0 Å². The third-order valence-electron chi connectivity index (χ3n) is 5.21. The van der Waals surface area contributed by atoms with E-state index in [0.29, 0.717) is 24.3 Å². The summed E-state index contributed by atoms with van der Waals surface area (Å²) in [4.78, 5) is 28.9. The zero-order valence-electron chi connectivity index (χ0n) is 16.2. The summed E-state index contributed by atoms with van der Waals surface area (Å²) in [5.74, 6) is -0.344. The molecular weight excluding hydrogens is 380 g/mol. The number of hydrogen-bond donors (Lipinski definition) is 2. The van der Waals surface area contributed by atoms with Crippen LogP contribution in [0.15, 0.2) is 24.3 Å². The van der Waals surface area contributed by atoms with Gasteiger partial charge in [-0.2, -0.15) is 0 Å². The molecular formula is C19H28N4O4S. The molecule has 2 saturated heterocycles. The Balaban J connectivity index is 1.57. The molecule has 0 radical (unpaired) electrons. The Bertz CT molecular complexity index is 821. The van der Waals surface area contributed by atoms with Crippen LogP contribution in [0.5, 0.6) is 0 Å². The lowest BCUT2D eigenvalue weighted by Crippen LogP contribution is -2.49. The number of anilines is 1. The van der Waals surface area contributed by atoms with E-state index in [1.807, 2.05) is 4.90 Å². The number of benzene rings is 1. The van der Waals surface area contributed by atoms with Gasteiger partial charge in [0.15, 0.2) is 0 Å². The number of piperidine rings is 1. The maximum absolute atomic E-state index is 12.7. The lowest BCUT2D eigenvalue weighted by atomic mass is 9.97. The van der Waals surface area contributed by atoms with Gasteiger partial charge in [0.25, 0.3) is 0 Å². The van der Waals surface area contributed by atoms with Crippen LogP contribution in [0.3, 0.4) is 0 Å².